The van der Waals surface area contributed by atoms with Gasteiger partial charge in [-0.15, -0.1) is 0 Å². The predicted molar refractivity (Wildman–Crippen MR) is 86.1 cm³/mol. The molecule has 2 heteroatoms. The van der Waals surface area contributed by atoms with Crippen LogP contribution in [-0.4, -0.2) is 24.8 Å². The van der Waals surface area contributed by atoms with E-state index in [-0.39, 0.29) is 5.60 Å². The maximum atomic E-state index is 6.36. The van der Waals surface area contributed by atoms with Crippen LogP contribution >= 0.6 is 0 Å². The monoisotopic (exact) mass is 281 g/mol. The van der Waals surface area contributed by atoms with Crippen molar-refractivity contribution >= 4 is 0 Å². The van der Waals surface area contributed by atoms with Gasteiger partial charge in [0.2, 0.25) is 0 Å². The third kappa shape index (κ3) is 4.21. The quantitative estimate of drug-likeness (QED) is 0.732. The van der Waals surface area contributed by atoms with Crippen molar-refractivity contribution in [2.24, 2.45) is 5.92 Å². The molecule has 2 fully saturated rings. The first-order chi connectivity index (χ1) is 9.80. The molecule has 0 amide bonds. The van der Waals surface area contributed by atoms with E-state index in [1.165, 1.54) is 70.6 Å². The summed E-state index contributed by atoms with van der Waals surface area (Å²) < 4.78 is 6.36. The molecule has 0 spiro atoms. The summed E-state index contributed by atoms with van der Waals surface area (Å²) in [6, 6.07) is 0.579. The Morgan fingerprint density at radius 3 is 2.25 bits per heavy atom. The molecule has 0 saturated heterocycles. The van der Waals surface area contributed by atoms with E-state index in [1.54, 1.807) is 0 Å². The maximum absolute atomic E-state index is 6.36. The van der Waals surface area contributed by atoms with Gasteiger partial charge >= 0.3 is 0 Å². The molecular weight excluding hydrogens is 246 g/mol. The number of likely N-dealkylation sites (N-methyl/N-ethyl adjacent to an activating group) is 1. The molecule has 0 aromatic heterocycles. The minimum atomic E-state index is 0.139. The first-order valence-electron chi connectivity index (χ1n) is 9.18. The van der Waals surface area contributed by atoms with E-state index in [0.717, 1.165) is 19.1 Å². The molecule has 2 aliphatic rings. The molecule has 2 nitrogen and oxygen atoms in total. The third-order valence-electron chi connectivity index (χ3n) is 5.51. The van der Waals surface area contributed by atoms with E-state index in [1.807, 2.05) is 0 Å². The summed E-state index contributed by atoms with van der Waals surface area (Å²) >= 11 is 0. The number of nitrogens with one attached hydrogen (secondary N) is 1. The molecular formula is C18H35NO. The van der Waals surface area contributed by atoms with Crippen LogP contribution in [0.3, 0.4) is 0 Å². The predicted octanol–water partition coefficient (Wildman–Crippen LogP) is 4.67. The van der Waals surface area contributed by atoms with Crippen molar-refractivity contribution in [3.63, 3.8) is 0 Å². The summed E-state index contributed by atoms with van der Waals surface area (Å²) in [6.07, 6.45) is 15.2. The minimum absolute atomic E-state index is 0.139. The highest BCUT2D eigenvalue weighted by atomic mass is 16.5. The second kappa shape index (κ2) is 8.38. The fourth-order valence-electron chi connectivity index (χ4n) is 4.52. The molecule has 1 unspecified atom stereocenters. The lowest BCUT2D eigenvalue weighted by molar-refractivity contribution is -0.0947. The Hall–Kier alpha value is -0.0800. The van der Waals surface area contributed by atoms with E-state index >= 15 is 0 Å². The first kappa shape index (κ1) is 16.3. The molecule has 0 aliphatic heterocycles. The summed E-state index contributed by atoms with van der Waals surface area (Å²) in [5.74, 6) is 0.937. The molecule has 1 atom stereocenters. The van der Waals surface area contributed by atoms with Crippen LogP contribution in [0.4, 0.5) is 0 Å². The van der Waals surface area contributed by atoms with Gasteiger partial charge in [0.05, 0.1) is 5.60 Å². The average molecular weight is 281 g/mol. The maximum Gasteiger partial charge on any atom is 0.0834 e. The van der Waals surface area contributed by atoms with Crippen LogP contribution in [0.1, 0.15) is 84.5 Å². The van der Waals surface area contributed by atoms with Crippen LogP contribution < -0.4 is 5.32 Å². The molecule has 0 aromatic carbocycles. The highest BCUT2D eigenvalue weighted by molar-refractivity contribution is 4.96. The normalized spacial score (nSPS) is 25.5. The second-order valence-electron chi connectivity index (χ2n) is 6.91. The zero-order valence-electron chi connectivity index (χ0n) is 13.8. The van der Waals surface area contributed by atoms with E-state index in [0.29, 0.717) is 6.04 Å². The van der Waals surface area contributed by atoms with Crippen LogP contribution in [0.25, 0.3) is 0 Å². The third-order valence-corrected chi connectivity index (χ3v) is 5.51. The van der Waals surface area contributed by atoms with Gasteiger partial charge in [-0.2, -0.15) is 0 Å². The largest absolute Gasteiger partial charge is 0.374 e. The molecule has 2 rings (SSSR count). The van der Waals surface area contributed by atoms with Crippen molar-refractivity contribution < 1.29 is 4.74 Å². The fraction of sp³-hybridized carbons (Fsp3) is 1.00. The summed E-state index contributed by atoms with van der Waals surface area (Å²) in [6.45, 7) is 6.36. The van der Waals surface area contributed by atoms with E-state index < -0.39 is 0 Å². The summed E-state index contributed by atoms with van der Waals surface area (Å²) in [4.78, 5) is 0. The lowest BCUT2D eigenvalue weighted by Gasteiger charge is -2.45. The van der Waals surface area contributed by atoms with Gasteiger partial charge in [-0.25, -0.2) is 0 Å². The highest BCUT2D eigenvalue weighted by Gasteiger charge is 2.41. The van der Waals surface area contributed by atoms with E-state index in [2.05, 4.69) is 19.2 Å². The van der Waals surface area contributed by atoms with Crippen molar-refractivity contribution in [2.75, 3.05) is 13.2 Å². The molecule has 2 aliphatic carbocycles. The summed E-state index contributed by atoms with van der Waals surface area (Å²) in [5, 5.41) is 3.80. The van der Waals surface area contributed by atoms with Crippen molar-refractivity contribution in [2.45, 2.75) is 96.1 Å². The Morgan fingerprint density at radius 2 is 1.65 bits per heavy atom. The topological polar surface area (TPSA) is 21.3 Å². The molecule has 2 saturated carbocycles. The van der Waals surface area contributed by atoms with E-state index in [9.17, 15) is 0 Å². The van der Waals surface area contributed by atoms with Gasteiger partial charge in [0.15, 0.2) is 0 Å². The smallest absolute Gasteiger partial charge is 0.0834 e. The Morgan fingerprint density at radius 1 is 1.00 bits per heavy atom. The van der Waals surface area contributed by atoms with Gasteiger partial charge in [-0.05, 0) is 38.6 Å². The SMILES string of the molecule is CCNC(CC1CCCCC1)C1(OCC)CCCCC1. The van der Waals surface area contributed by atoms with Gasteiger partial charge in [0.1, 0.15) is 0 Å². The van der Waals surface area contributed by atoms with E-state index in [4.69, 9.17) is 4.74 Å². The van der Waals surface area contributed by atoms with Crippen molar-refractivity contribution in [3.8, 4) is 0 Å². The van der Waals surface area contributed by atoms with Gasteiger partial charge in [-0.1, -0.05) is 58.3 Å². The number of hydrogen-bond donors (Lipinski definition) is 1. The highest BCUT2D eigenvalue weighted by Crippen LogP contribution is 2.39. The Bertz CT molecular complexity index is 249. The van der Waals surface area contributed by atoms with Crippen LogP contribution in [-0.2, 0) is 4.74 Å². The first-order valence-corrected chi connectivity index (χ1v) is 9.18. The lowest BCUT2D eigenvalue weighted by Crippen LogP contribution is -2.54. The van der Waals surface area contributed by atoms with Crippen molar-refractivity contribution in [3.05, 3.63) is 0 Å². The Balaban J connectivity index is 2.02. The average Bonchev–Trinajstić information content (AvgIpc) is 2.49. The van der Waals surface area contributed by atoms with Crippen LogP contribution in [0.5, 0.6) is 0 Å². The molecule has 0 bridgehead atoms. The zero-order chi connectivity index (χ0) is 14.3. The van der Waals surface area contributed by atoms with Gasteiger partial charge in [0.25, 0.3) is 0 Å². The minimum Gasteiger partial charge on any atom is -0.374 e. The standard InChI is InChI=1S/C18H35NO/c1-3-19-17(15-16-11-7-5-8-12-16)18(20-4-2)13-9-6-10-14-18/h16-17,19H,3-15H2,1-2H3. The Labute approximate surface area is 126 Å². The van der Waals surface area contributed by atoms with Crippen molar-refractivity contribution in [1.82, 2.24) is 5.32 Å². The summed E-state index contributed by atoms with van der Waals surface area (Å²) in [7, 11) is 0. The molecule has 0 heterocycles. The molecule has 118 valence electrons. The molecule has 20 heavy (non-hydrogen) atoms. The van der Waals surface area contributed by atoms with Gasteiger partial charge < -0.3 is 10.1 Å². The number of rotatable bonds is 7. The van der Waals surface area contributed by atoms with Crippen LogP contribution in [0, 0.1) is 5.92 Å². The van der Waals surface area contributed by atoms with Crippen molar-refractivity contribution in [1.29, 1.82) is 0 Å². The number of ether oxygens (including phenoxy) is 1. The molecule has 0 aromatic rings. The molecule has 1 N–H and O–H groups in total. The van der Waals surface area contributed by atoms with Gasteiger partial charge in [0, 0.05) is 12.6 Å². The zero-order valence-corrected chi connectivity index (χ0v) is 13.8. The fourth-order valence-corrected chi connectivity index (χ4v) is 4.52. The van der Waals surface area contributed by atoms with Crippen LogP contribution in [0.15, 0.2) is 0 Å². The van der Waals surface area contributed by atoms with Gasteiger partial charge in [-0.3, -0.25) is 0 Å². The van der Waals surface area contributed by atoms with Crippen LogP contribution in [0.2, 0.25) is 0 Å². The second-order valence-corrected chi connectivity index (χ2v) is 6.91. The molecule has 0 radical (unpaired) electrons. The number of hydrogen-bond acceptors (Lipinski definition) is 2. The lowest BCUT2D eigenvalue weighted by atomic mass is 9.74. The summed E-state index contributed by atoms with van der Waals surface area (Å²) in [5.41, 5.74) is 0.139. The Kier molecular flexibility index (Phi) is 6.83.